The Morgan fingerprint density at radius 1 is 1.14 bits per heavy atom. The number of allylic oxidation sites excluding steroid dienone is 2. The molecule has 2 amide bonds. The fourth-order valence-electron chi connectivity index (χ4n) is 7.36. The number of aromatic nitrogens is 4. The van der Waals surface area contributed by atoms with Crippen molar-refractivity contribution < 1.29 is 14.4 Å². The van der Waals surface area contributed by atoms with E-state index in [2.05, 4.69) is 64.5 Å². The van der Waals surface area contributed by atoms with Crippen LogP contribution in [0.5, 0.6) is 0 Å². The average Bonchev–Trinajstić information content (AvgIpc) is 3.83. The van der Waals surface area contributed by atoms with Gasteiger partial charge in [0.05, 0.1) is 34.1 Å². The first kappa shape index (κ1) is 39.6. The summed E-state index contributed by atoms with van der Waals surface area (Å²) >= 11 is 1.61. The molecule has 4 heterocycles. The molecule has 288 valence electrons. The zero-order valence-corrected chi connectivity index (χ0v) is 33.5. The molecule has 1 saturated heterocycles. The largest absolute Gasteiger partial charge is 0.357 e. The van der Waals surface area contributed by atoms with Crippen molar-refractivity contribution in [1.29, 1.82) is 0 Å². The molecule has 5 aromatic rings. The third kappa shape index (κ3) is 8.14. The van der Waals surface area contributed by atoms with Crippen molar-refractivity contribution in [2.24, 2.45) is 10.9 Å². The van der Waals surface area contributed by atoms with Crippen molar-refractivity contribution >= 4 is 45.4 Å². The van der Waals surface area contributed by atoms with Crippen molar-refractivity contribution in [3.05, 3.63) is 118 Å². The average molecular weight is 769 g/mol. The van der Waals surface area contributed by atoms with Gasteiger partial charge in [0.1, 0.15) is 10.9 Å². The molecule has 2 aromatic carbocycles. The topological polar surface area (TPSA) is 118 Å². The van der Waals surface area contributed by atoms with Crippen molar-refractivity contribution in [1.82, 2.24) is 29.7 Å². The minimum Gasteiger partial charge on any atom is -0.357 e. The Morgan fingerprint density at radius 2 is 1.89 bits per heavy atom. The lowest BCUT2D eigenvalue weighted by atomic mass is 9.87. The Labute approximate surface area is 332 Å². The molecule has 1 N–H and O–H groups in total. The summed E-state index contributed by atoms with van der Waals surface area (Å²) in [6.45, 7) is 13.6. The first-order valence-corrected chi connectivity index (χ1v) is 19.6. The third-order valence-corrected chi connectivity index (χ3v) is 11.6. The number of amides is 2. The Morgan fingerprint density at radius 3 is 2.55 bits per heavy atom. The number of hydrogen-bond donors (Lipinski definition) is 1. The second kappa shape index (κ2) is 17.6. The van der Waals surface area contributed by atoms with Gasteiger partial charge in [-0.2, -0.15) is 9.89 Å². The number of nitrogens with zero attached hydrogens (tertiary/aromatic N) is 7. The van der Waals surface area contributed by atoms with Gasteiger partial charge >= 0.3 is 0 Å². The van der Waals surface area contributed by atoms with Gasteiger partial charge in [-0.05, 0) is 63.0 Å². The first-order chi connectivity index (χ1) is 27.1. The second-order valence-corrected chi connectivity index (χ2v) is 15.1. The molecule has 1 atom stereocenters. The van der Waals surface area contributed by atoms with Gasteiger partial charge in [-0.3, -0.25) is 29.0 Å². The van der Waals surface area contributed by atoms with Crippen LogP contribution in [0.3, 0.4) is 0 Å². The standard InChI is InChI=1S/C44H48N8O3S/c1-8-9-18-36(41(54)45-5)49(7)42(55)39-34(16-13-17-35(39)28-53)25-31-21-23-50(24-22-31)51-27-32(26-47-51)19-20-37-30(4)38-40(33-14-11-10-12-15-33)48-44(46-6)52(29(2)3)43(38)56-37/h8,10-17,26-28,31,36H,1-2,9,18,21-25H2,3-7H3,(H,45,54)/b46-44-. The van der Waals surface area contributed by atoms with E-state index in [1.807, 2.05) is 52.8 Å². The molecule has 1 aliphatic heterocycles. The highest BCUT2D eigenvalue weighted by molar-refractivity contribution is 7.19. The number of aldehydes is 1. The minimum absolute atomic E-state index is 0.253. The fourth-order valence-corrected chi connectivity index (χ4v) is 8.59. The summed E-state index contributed by atoms with van der Waals surface area (Å²) in [4.78, 5) is 53.5. The maximum atomic E-state index is 13.9. The van der Waals surface area contributed by atoms with Gasteiger partial charge in [0.2, 0.25) is 11.5 Å². The molecule has 12 heteroatoms. The van der Waals surface area contributed by atoms with Gasteiger partial charge in [0.25, 0.3) is 5.91 Å². The van der Waals surface area contributed by atoms with Crippen molar-refractivity contribution in [2.75, 3.05) is 39.2 Å². The highest BCUT2D eigenvalue weighted by Crippen LogP contribution is 2.36. The third-order valence-electron chi connectivity index (χ3n) is 10.4. The number of piperidine rings is 1. The van der Waals surface area contributed by atoms with E-state index in [1.165, 1.54) is 4.90 Å². The van der Waals surface area contributed by atoms with E-state index in [-0.39, 0.29) is 11.8 Å². The molecule has 0 spiro atoms. The van der Waals surface area contributed by atoms with Crippen LogP contribution >= 0.6 is 11.3 Å². The summed E-state index contributed by atoms with van der Waals surface area (Å²) < 4.78 is 2.00. The van der Waals surface area contributed by atoms with E-state index in [9.17, 15) is 14.4 Å². The van der Waals surface area contributed by atoms with E-state index in [1.54, 1.807) is 50.8 Å². The van der Waals surface area contributed by atoms with E-state index in [0.29, 0.717) is 41.9 Å². The molecule has 0 bridgehead atoms. The predicted octanol–water partition coefficient (Wildman–Crippen LogP) is 6.25. The summed E-state index contributed by atoms with van der Waals surface area (Å²) in [5.41, 5.74) is 6.70. The summed E-state index contributed by atoms with van der Waals surface area (Å²) in [7, 11) is 4.92. The second-order valence-electron chi connectivity index (χ2n) is 14.1. The Bertz CT molecular complexity index is 2420. The predicted molar refractivity (Wildman–Crippen MR) is 224 cm³/mol. The first-order valence-electron chi connectivity index (χ1n) is 18.8. The lowest BCUT2D eigenvalue weighted by Gasteiger charge is -2.33. The van der Waals surface area contributed by atoms with E-state index < -0.39 is 6.04 Å². The molecule has 56 heavy (non-hydrogen) atoms. The van der Waals surface area contributed by atoms with Gasteiger partial charge in [-0.25, -0.2) is 4.98 Å². The maximum absolute atomic E-state index is 13.9. The number of carbonyl (C=O) groups is 3. The van der Waals surface area contributed by atoms with Crippen LogP contribution in [0.2, 0.25) is 0 Å². The van der Waals surface area contributed by atoms with Crippen LogP contribution in [-0.4, -0.2) is 82.7 Å². The van der Waals surface area contributed by atoms with Crippen molar-refractivity contribution in [3.8, 4) is 23.1 Å². The van der Waals surface area contributed by atoms with E-state index >= 15 is 0 Å². The number of fused-ring (bicyclic) bond motifs is 1. The summed E-state index contributed by atoms with van der Waals surface area (Å²) in [6, 6.07) is 14.9. The number of thiophene rings is 1. The van der Waals surface area contributed by atoms with Crippen molar-refractivity contribution in [3.63, 3.8) is 0 Å². The Balaban J connectivity index is 1.18. The molecular formula is C44H48N8O3S. The van der Waals surface area contributed by atoms with Gasteiger partial charge in [-0.1, -0.05) is 73.0 Å². The number of benzene rings is 2. The van der Waals surface area contributed by atoms with Gasteiger partial charge in [0.15, 0.2) is 6.29 Å². The molecule has 1 fully saturated rings. The lowest BCUT2D eigenvalue weighted by Crippen LogP contribution is -2.47. The molecule has 11 nitrogen and oxygen atoms in total. The lowest BCUT2D eigenvalue weighted by molar-refractivity contribution is -0.125. The summed E-state index contributed by atoms with van der Waals surface area (Å²) in [5.74, 6) is 6.48. The SMILES string of the molecule is C=CCCC(C(=O)NC)N(C)C(=O)c1c(C=O)cccc1CC1CCN(n2cc(C#Cc3sc4c(c(-c5ccccc5)n/c(=N/C)n4C(=C)C)c3C)cn2)CC1. The Hall–Kier alpha value is -6.06. The van der Waals surface area contributed by atoms with Crippen LogP contribution in [0.4, 0.5) is 0 Å². The smallest absolute Gasteiger partial charge is 0.255 e. The van der Waals surface area contributed by atoms with Gasteiger partial charge in [-0.15, -0.1) is 17.9 Å². The number of rotatable bonds is 12. The van der Waals surface area contributed by atoms with Crippen molar-refractivity contribution in [2.45, 2.75) is 52.0 Å². The number of carbonyl (C=O) groups excluding carboxylic acids is 3. The van der Waals surface area contributed by atoms with Crippen LogP contribution in [-0.2, 0) is 11.2 Å². The molecule has 0 aliphatic carbocycles. The zero-order valence-electron chi connectivity index (χ0n) is 32.7. The quantitative estimate of drug-likeness (QED) is 0.0912. The minimum atomic E-state index is -0.678. The summed E-state index contributed by atoms with van der Waals surface area (Å²) in [6.07, 6.45) is 9.63. The molecule has 6 rings (SSSR count). The number of hydrogen-bond acceptors (Lipinski definition) is 8. The van der Waals surface area contributed by atoms with Crippen LogP contribution in [0, 0.1) is 24.7 Å². The van der Waals surface area contributed by atoms with Crippen LogP contribution in [0.25, 0.3) is 27.2 Å². The highest BCUT2D eigenvalue weighted by atomic mass is 32.1. The number of likely N-dealkylation sites (N-methyl/N-ethyl adjacent to an activating group) is 2. The number of nitrogens with one attached hydrogen (secondary N) is 1. The molecule has 0 saturated carbocycles. The zero-order chi connectivity index (χ0) is 39.9. The normalized spacial score (nSPS) is 13.9. The monoisotopic (exact) mass is 768 g/mol. The van der Waals surface area contributed by atoms with Gasteiger partial charge < -0.3 is 10.2 Å². The summed E-state index contributed by atoms with van der Waals surface area (Å²) in [5, 5.41) is 10.6. The van der Waals surface area contributed by atoms with Crippen LogP contribution in [0.15, 0.2) is 85.2 Å². The van der Waals surface area contributed by atoms with Crippen LogP contribution in [0.1, 0.15) is 74.9 Å². The Kier molecular flexibility index (Phi) is 12.5. The van der Waals surface area contributed by atoms with Crippen LogP contribution < -0.4 is 15.9 Å². The molecule has 3 aromatic heterocycles. The van der Waals surface area contributed by atoms with Gasteiger partial charge in [0, 0.05) is 56.4 Å². The molecule has 0 radical (unpaired) electrons. The maximum Gasteiger partial charge on any atom is 0.255 e. The van der Waals surface area contributed by atoms with E-state index in [0.717, 1.165) is 81.0 Å². The molecule has 1 unspecified atom stereocenters. The fraction of sp³-hybridized carbons (Fsp3) is 0.318. The highest BCUT2D eigenvalue weighted by Gasteiger charge is 2.30. The van der Waals surface area contributed by atoms with E-state index in [4.69, 9.17) is 4.98 Å². The molecular weight excluding hydrogens is 721 g/mol. The number of aryl methyl sites for hydroxylation is 1. The molecule has 1 aliphatic rings.